The second-order valence-corrected chi connectivity index (χ2v) is 8.95. The Balaban J connectivity index is 1.56. The molecule has 10 nitrogen and oxygen atoms in total. The number of amides is 2. The number of hydrogen-bond acceptors (Lipinski definition) is 7. The molecule has 1 unspecified atom stereocenters. The first kappa shape index (κ1) is 24.8. The number of nitrogens with one attached hydrogen (secondary N) is 1. The number of aliphatic hydroxyl groups excluding tert-OH is 1. The number of carboxylic acid groups (broad SMARTS) is 1. The Morgan fingerprint density at radius 1 is 1.30 bits per heavy atom. The van der Waals surface area contributed by atoms with Crippen LogP contribution in [0.5, 0.6) is 11.5 Å². The van der Waals surface area contributed by atoms with E-state index in [-0.39, 0.29) is 34.2 Å². The molecule has 3 rings (SSSR count). The lowest BCUT2D eigenvalue weighted by atomic mass is 9.77. The molecule has 2 aliphatic rings. The van der Waals surface area contributed by atoms with Crippen LogP contribution in [-0.4, -0.2) is 86.8 Å². The number of likely N-dealkylation sites (N-methyl/N-ethyl adjacent to an activating group) is 1. The van der Waals surface area contributed by atoms with Crippen molar-refractivity contribution in [3.8, 4) is 11.5 Å². The van der Waals surface area contributed by atoms with Crippen LogP contribution in [0.25, 0.3) is 0 Å². The summed E-state index contributed by atoms with van der Waals surface area (Å²) < 4.78 is 0. The molecule has 4 atom stereocenters. The summed E-state index contributed by atoms with van der Waals surface area (Å²) in [7, 11) is 1.82. The molecule has 0 radical (unpaired) electrons. The smallest absolute Gasteiger partial charge is 0.352 e. The molecular weight excluding hydrogens is 454 g/mol. The van der Waals surface area contributed by atoms with Crippen molar-refractivity contribution in [2.24, 2.45) is 11.8 Å². The van der Waals surface area contributed by atoms with Crippen molar-refractivity contribution in [2.45, 2.75) is 32.4 Å². The number of aliphatic carboxylic acids is 1. The molecule has 2 heterocycles. The lowest BCUT2D eigenvalue weighted by Crippen LogP contribution is -2.63. The van der Waals surface area contributed by atoms with E-state index in [9.17, 15) is 34.8 Å². The highest BCUT2D eigenvalue weighted by atomic mass is 35.5. The standard InChI is InChI=1S/C22H28ClN3O7/c1-10-13(18(22(32)33)26-17(10)15(11(2)27)21(26)31)9-25(3)8-4-7-24-20(30)12-5-6-14(28)19(29)16(12)23/h5-6,10-11,15,17,27-29H,4,7-9H2,1-3H3,(H,24,30)(H,32,33)/t10?,11-,15-,17-/m1/s1. The molecule has 1 fully saturated rings. The second kappa shape index (κ2) is 9.58. The lowest BCUT2D eigenvalue weighted by molar-refractivity contribution is -0.163. The minimum absolute atomic E-state index is 0.00340. The zero-order chi connectivity index (χ0) is 24.6. The second-order valence-electron chi connectivity index (χ2n) is 8.57. The number of β-lactam (4-membered cyclic amide) rings is 1. The van der Waals surface area contributed by atoms with Gasteiger partial charge in [-0.2, -0.15) is 0 Å². The SMILES string of the molecule is CC1C(CN(C)CCCNC(=O)c2ccc(O)c(O)c2Cl)=C(C(=O)O)N2C(=O)[C@H]([C@@H](C)O)[C@@H]12. The minimum Gasteiger partial charge on any atom is -0.504 e. The fraction of sp³-hybridized carbons (Fsp3) is 0.500. The van der Waals surface area contributed by atoms with E-state index < -0.39 is 35.4 Å². The van der Waals surface area contributed by atoms with Gasteiger partial charge >= 0.3 is 5.97 Å². The average Bonchev–Trinajstić information content (AvgIpc) is 2.97. The Kier molecular flexibility index (Phi) is 7.20. The Morgan fingerprint density at radius 2 is 1.97 bits per heavy atom. The third-order valence-electron chi connectivity index (χ3n) is 6.30. The first-order chi connectivity index (χ1) is 15.5. The van der Waals surface area contributed by atoms with Crippen LogP contribution in [0.1, 0.15) is 30.6 Å². The topological polar surface area (TPSA) is 151 Å². The number of phenolic OH excluding ortho intramolecular Hbond substituents is 2. The lowest BCUT2D eigenvalue weighted by Gasteiger charge is -2.46. The van der Waals surface area contributed by atoms with Crippen LogP contribution in [-0.2, 0) is 9.59 Å². The highest BCUT2D eigenvalue weighted by Gasteiger charge is 2.59. The van der Waals surface area contributed by atoms with Crippen molar-refractivity contribution in [1.82, 2.24) is 15.1 Å². The van der Waals surface area contributed by atoms with Crippen molar-refractivity contribution in [2.75, 3.05) is 26.7 Å². The summed E-state index contributed by atoms with van der Waals surface area (Å²) in [6, 6.07) is 2.14. The van der Waals surface area contributed by atoms with E-state index in [4.69, 9.17) is 11.6 Å². The van der Waals surface area contributed by atoms with E-state index in [0.29, 0.717) is 31.6 Å². The summed E-state index contributed by atoms with van der Waals surface area (Å²) in [4.78, 5) is 39.8. The number of aliphatic hydroxyl groups is 1. The van der Waals surface area contributed by atoms with E-state index in [2.05, 4.69) is 5.32 Å². The molecule has 11 heteroatoms. The van der Waals surface area contributed by atoms with Gasteiger partial charge in [0.1, 0.15) is 5.70 Å². The van der Waals surface area contributed by atoms with Gasteiger partial charge < -0.3 is 35.5 Å². The minimum atomic E-state index is -1.16. The number of hydrogen-bond donors (Lipinski definition) is 5. The number of phenols is 2. The Labute approximate surface area is 196 Å². The van der Waals surface area contributed by atoms with Crippen molar-refractivity contribution < 1.29 is 34.8 Å². The van der Waals surface area contributed by atoms with E-state index in [1.54, 1.807) is 0 Å². The molecule has 0 bridgehead atoms. The Hall–Kier alpha value is -2.82. The molecule has 1 saturated heterocycles. The maximum Gasteiger partial charge on any atom is 0.352 e. The number of carbonyl (C=O) groups is 3. The summed E-state index contributed by atoms with van der Waals surface area (Å²) in [6.45, 7) is 4.59. The molecule has 2 aliphatic heterocycles. The average molecular weight is 482 g/mol. The number of aromatic hydroxyl groups is 2. The molecule has 0 aromatic heterocycles. The molecule has 180 valence electrons. The van der Waals surface area contributed by atoms with Gasteiger partial charge in [0.25, 0.3) is 5.91 Å². The van der Waals surface area contributed by atoms with Crippen LogP contribution in [0.3, 0.4) is 0 Å². The summed E-state index contributed by atoms with van der Waals surface area (Å²) >= 11 is 5.90. The first-order valence-electron chi connectivity index (χ1n) is 10.6. The monoisotopic (exact) mass is 481 g/mol. The van der Waals surface area contributed by atoms with Crippen LogP contribution in [0.2, 0.25) is 5.02 Å². The number of fused-ring (bicyclic) bond motifs is 1. The van der Waals surface area contributed by atoms with E-state index in [0.717, 1.165) is 0 Å². The van der Waals surface area contributed by atoms with Gasteiger partial charge in [-0.25, -0.2) is 4.79 Å². The predicted octanol–water partition coefficient (Wildman–Crippen LogP) is 0.999. The largest absolute Gasteiger partial charge is 0.504 e. The van der Waals surface area contributed by atoms with Crippen LogP contribution < -0.4 is 5.32 Å². The number of halogens is 1. The zero-order valence-corrected chi connectivity index (χ0v) is 19.3. The fourth-order valence-corrected chi connectivity index (χ4v) is 4.84. The van der Waals surface area contributed by atoms with Gasteiger partial charge in [0, 0.05) is 19.0 Å². The Morgan fingerprint density at radius 3 is 2.58 bits per heavy atom. The number of nitrogens with zero attached hydrogens (tertiary/aromatic N) is 2. The first-order valence-corrected chi connectivity index (χ1v) is 11.0. The van der Waals surface area contributed by atoms with Crippen LogP contribution >= 0.6 is 11.6 Å². The summed E-state index contributed by atoms with van der Waals surface area (Å²) in [5, 5.41) is 41.1. The maximum atomic E-state index is 12.4. The summed E-state index contributed by atoms with van der Waals surface area (Å²) in [5.74, 6) is -3.78. The maximum absolute atomic E-state index is 12.4. The molecule has 1 aromatic rings. The quantitative estimate of drug-likeness (QED) is 0.199. The molecule has 5 N–H and O–H groups in total. The van der Waals surface area contributed by atoms with Crippen molar-refractivity contribution in [1.29, 1.82) is 0 Å². The number of carbonyl (C=O) groups excluding carboxylic acids is 2. The van der Waals surface area contributed by atoms with E-state index in [1.165, 1.54) is 24.0 Å². The zero-order valence-electron chi connectivity index (χ0n) is 18.6. The number of benzene rings is 1. The van der Waals surface area contributed by atoms with Crippen molar-refractivity contribution in [3.05, 3.63) is 34.0 Å². The van der Waals surface area contributed by atoms with E-state index >= 15 is 0 Å². The van der Waals surface area contributed by atoms with Crippen LogP contribution in [0.4, 0.5) is 0 Å². The van der Waals surface area contributed by atoms with Gasteiger partial charge in [-0.1, -0.05) is 18.5 Å². The Bertz CT molecular complexity index is 1010. The molecule has 33 heavy (non-hydrogen) atoms. The van der Waals surface area contributed by atoms with Crippen molar-refractivity contribution >= 4 is 29.4 Å². The van der Waals surface area contributed by atoms with Gasteiger partial charge in [0.2, 0.25) is 5.91 Å². The number of carboxylic acids is 1. The molecular formula is C22H28ClN3O7. The van der Waals surface area contributed by atoms with Gasteiger partial charge in [0.05, 0.1) is 28.6 Å². The third-order valence-corrected chi connectivity index (χ3v) is 6.68. The van der Waals surface area contributed by atoms with Crippen LogP contribution in [0, 0.1) is 11.8 Å². The van der Waals surface area contributed by atoms with Gasteiger partial charge in [-0.05, 0) is 44.6 Å². The van der Waals surface area contributed by atoms with Crippen LogP contribution in [0.15, 0.2) is 23.4 Å². The van der Waals surface area contributed by atoms with Gasteiger partial charge in [-0.3, -0.25) is 9.59 Å². The summed E-state index contributed by atoms with van der Waals surface area (Å²) in [6.07, 6.45) is -0.294. The van der Waals surface area contributed by atoms with Crippen molar-refractivity contribution in [3.63, 3.8) is 0 Å². The molecule has 2 amide bonds. The third kappa shape index (κ3) is 4.50. The summed E-state index contributed by atoms with van der Waals surface area (Å²) in [5.41, 5.74) is 0.677. The number of rotatable bonds is 9. The normalized spacial score (nSPS) is 22.9. The van der Waals surface area contributed by atoms with Gasteiger partial charge in [-0.15, -0.1) is 0 Å². The molecule has 0 saturated carbocycles. The highest BCUT2D eigenvalue weighted by Crippen LogP contribution is 2.47. The molecule has 1 aromatic carbocycles. The molecule has 0 aliphatic carbocycles. The molecule has 0 spiro atoms. The fourth-order valence-electron chi connectivity index (χ4n) is 4.60. The highest BCUT2D eigenvalue weighted by molar-refractivity contribution is 6.35. The van der Waals surface area contributed by atoms with Gasteiger partial charge in [0.15, 0.2) is 11.5 Å². The van der Waals surface area contributed by atoms with E-state index in [1.807, 2.05) is 18.9 Å². The predicted molar refractivity (Wildman–Crippen MR) is 119 cm³/mol.